The average molecular weight is 550 g/mol. The Bertz CT molecular complexity index is 1550. The third kappa shape index (κ3) is 5.55. The van der Waals surface area contributed by atoms with E-state index in [0.29, 0.717) is 0 Å². The van der Waals surface area contributed by atoms with Crippen molar-refractivity contribution >= 4 is 17.5 Å². The van der Waals surface area contributed by atoms with Crippen LogP contribution in [0.5, 0.6) is 11.5 Å². The number of alkyl halides is 3. The van der Waals surface area contributed by atoms with Crippen molar-refractivity contribution in [2.45, 2.75) is 12.7 Å². The van der Waals surface area contributed by atoms with Crippen molar-refractivity contribution in [1.82, 2.24) is 20.4 Å². The summed E-state index contributed by atoms with van der Waals surface area (Å²) in [5.41, 5.74) is -1.77. The molecule has 3 aromatic rings. The first kappa shape index (κ1) is 26.5. The molecule has 38 heavy (non-hydrogen) atoms. The molecule has 0 radical (unpaired) electrons. The molecule has 1 amide bonds. The van der Waals surface area contributed by atoms with Crippen LogP contribution < -0.4 is 20.3 Å². The summed E-state index contributed by atoms with van der Waals surface area (Å²) >= 11 is 5.90. The molecule has 1 aliphatic rings. The Morgan fingerprint density at radius 3 is 2.61 bits per heavy atom. The fourth-order valence-corrected chi connectivity index (χ4v) is 3.83. The van der Waals surface area contributed by atoms with Gasteiger partial charge < -0.3 is 19.7 Å². The first-order chi connectivity index (χ1) is 18.0. The highest BCUT2D eigenvalue weighted by atomic mass is 35.5. The average Bonchev–Trinajstić information content (AvgIpc) is 2.86. The third-order valence-electron chi connectivity index (χ3n) is 5.33. The molecule has 0 spiro atoms. The number of carbonyl (C=O) groups is 1. The molecule has 2 aromatic carbocycles. The summed E-state index contributed by atoms with van der Waals surface area (Å²) in [6.45, 7) is -0.905. The van der Waals surface area contributed by atoms with Crippen molar-refractivity contribution in [3.8, 4) is 28.7 Å². The maximum atomic E-state index is 14.2. The van der Waals surface area contributed by atoms with Crippen LogP contribution in [0.2, 0.25) is 5.02 Å². The first-order valence-corrected chi connectivity index (χ1v) is 11.0. The van der Waals surface area contributed by atoms with Gasteiger partial charge in [0.15, 0.2) is 17.3 Å². The summed E-state index contributed by atoms with van der Waals surface area (Å²) in [6, 6.07) is 10.5. The van der Waals surface area contributed by atoms with Gasteiger partial charge in [0.05, 0.1) is 43.2 Å². The number of benzene rings is 2. The quantitative estimate of drug-likeness (QED) is 0.448. The Labute approximate surface area is 216 Å². The summed E-state index contributed by atoms with van der Waals surface area (Å²) in [4.78, 5) is 26.4. The molecule has 2 N–H and O–H groups in total. The van der Waals surface area contributed by atoms with Crippen LogP contribution >= 0.6 is 11.6 Å². The number of nitriles is 1. The lowest BCUT2D eigenvalue weighted by Crippen LogP contribution is -2.49. The summed E-state index contributed by atoms with van der Waals surface area (Å²) in [5, 5.41) is 17.3. The predicted molar refractivity (Wildman–Crippen MR) is 125 cm³/mol. The number of hydrogen-bond acceptors (Lipinski definition) is 7. The maximum Gasteiger partial charge on any atom is 0.434 e. The van der Waals surface area contributed by atoms with Gasteiger partial charge >= 0.3 is 6.18 Å². The summed E-state index contributed by atoms with van der Waals surface area (Å²) in [7, 11) is 1.28. The van der Waals surface area contributed by atoms with Crippen LogP contribution in [0.15, 0.2) is 58.7 Å². The van der Waals surface area contributed by atoms with Crippen LogP contribution in [0, 0.1) is 17.1 Å². The molecule has 1 aromatic heterocycles. The van der Waals surface area contributed by atoms with Gasteiger partial charge in [-0.15, -0.1) is 0 Å². The van der Waals surface area contributed by atoms with Crippen LogP contribution in [0.3, 0.4) is 0 Å². The largest absolute Gasteiger partial charge is 0.494 e. The van der Waals surface area contributed by atoms with Crippen molar-refractivity contribution < 1.29 is 31.8 Å². The molecule has 9 nitrogen and oxygen atoms in total. The normalized spacial score (nSPS) is 13.7. The molecule has 196 valence electrons. The van der Waals surface area contributed by atoms with Crippen molar-refractivity contribution in [2.75, 3.05) is 13.8 Å². The number of halogens is 5. The van der Waals surface area contributed by atoms with Crippen molar-refractivity contribution in [3.63, 3.8) is 0 Å². The number of carbonyl (C=O) groups excluding carboxylic acids is 1. The number of H-pyrrole nitrogens is 1. The van der Waals surface area contributed by atoms with Gasteiger partial charge in [0.1, 0.15) is 5.75 Å². The molecule has 0 atom stereocenters. The van der Waals surface area contributed by atoms with Gasteiger partial charge in [0.25, 0.3) is 11.5 Å². The van der Waals surface area contributed by atoms with Crippen LogP contribution in [-0.2, 0) is 11.3 Å². The van der Waals surface area contributed by atoms with Gasteiger partial charge in [-0.25, -0.2) is 9.49 Å². The zero-order chi connectivity index (χ0) is 27.6. The number of rotatable bonds is 6. The molecule has 0 bridgehead atoms. The number of aromatic amines is 1. The molecule has 0 unspecified atom stereocenters. The summed E-state index contributed by atoms with van der Waals surface area (Å²) in [5.74, 6) is -3.22. The van der Waals surface area contributed by atoms with Crippen LogP contribution in [-0.4, -0.2) is 41.0 Å². The zero-order valence-corrected chi connectivity index (χ0v) is 20.1. The van der Waals surface area contributed by atoms with E-state index in [-0.39, 0.29) is 45.5 Å². The second-order valence-corrected chi connectivity index (χ2v) is 8.32. The number of nitrogens with one attached hydrogen (secondary N) is 2. The van der Waals surface area contributed by atoms with Gasteiger partial charge in [0.2, 0.25) is 5.76 Å². The van der Waals surface area contributed by atoms with Crippen molar-refractivity contribution in [1.29, 1.82) is 5.26 Å². The van der Waals surface area contributed by atoms with E-state index >= 15 is 0 Å². The fraction of sp³-hybridized carbons (Fsp3) is 0.167. The second-order valence-electron chi connectivity index (χ2n) is 7.88. The molecule has 0 fully saturated rings. The number of aromatic nitrogens is 2. The lowest BCUT2D eigenvalue weighted by atomic mass is 10.1. The molecule has 1 aliphatic heterocycles. The molecule has 2 heterocycles. The molecule has 0 saturated heterocycles. The van der Waals surface area contributed by atoms with E-state index in [0.717, 1.165) is 23.1 Å². The van der Waals surface area contributed by atoms with Crippen LogP contribution in [0.25, 0.3) is 11.1 Å². The minimum Gasteiger partial charge on any atom is -0.494 e. The zero-order valence-electron chi connectivity index (χ0n) is 19.3. The third-order valence-corrected chi connectivity index (χ3v) is 5.55. The minimum absolute atomic E-state index is 0.00895. The standard InChI is InChI=1S/C24H16ClF4N5O4/c1-37-19-3-2-13(6-18(19)26)17-8-15(32-33-22(17)35)10-34-11-31-21(24(27,28)29)20(23(34)36)38-16-5-12(9-30)4-14(25)7-16/h2-8,31H,10-11H2,1H3,(H,33,35). The van der Waals surface area contributed by atoms with Gasteiger partial charge in [-0.1, -0.05) is 17.7 Å². The van der Waals surface area contributed by atoms with Crippen LogP contribution in [0.1, 0.15) is 11.3 Å². The van der Waals surface area contributed by atoms with E-state index in [1.165, 1.54) is 31.4 Å². The highest BCUT2D eigenvalue weighted by Gasteiger charge is 2.44. The highest BCUT2D eigenvalue weighted by molar-refractivity contribution is 6.30. The Kier molecular flexibility index (Phi) is 7.27. The second kappa shape index (κ2) is 10.4. The summed E-state index contributed by atoms with van der Waals surface area (Å²) < 4.78 is 65.3. The molecule has 0 saturated carbocycles. The van der Waals surface area contributed by atoms with Crippen LogP contribution in [0.4, 0.5) is 17.6 Å². The first-order valence-electron chi connectivity index (χ1n) is 10.7. The van der Waals surface area contributed by atoms with E-state index in [2.05, 4.69) is 15.5 Å². The lowest BCUT2D eigenvalue weighted by Gasteiger charge is -2.31. The highest BCUT2D eigenvalue weighted by Crippen LogP contribution is 2.32. The van der Waals surface area contributed by atoms with Gasteiger partial charge in [-0.3, -0.25) is 9.59 Å². The SMILES string of the molecule is COc1ccc(-c2cc(CN3CNC(C(F)(F)F)=C(Oc4cc(Cl)cc(C#N)c4)C3=O)n[nH]c2=O)cc1F. The van der Waals surface area contributed by atoms with E-state index in [4.69, 9.17) is 26.3 Å². The smallest absolute Gasteiger partial charge is 0.434 e. The van der Waals surface area contributed by atoms with E-state index in [1.54, 1.807) is 6.07 Å². The number of hydrogen-bond donors (Lipinski definition) is 2. The molecule has 0 aliphatic carbocycles. The van der Waals surface area contributed by atoms with E-state index in [1.807, 2.05) is 0 Å². The van der Waals surface area contributed by atoms with Crippen molar-refractivity contribution in [2.24, 2.45) is 0 Å². The van der Waals surface area contributed by atoms with Gasteiger partial charge in [-0.2, -0.15) is 23.5 Å². The number of amides is 1. The molecular formula is C24H16ClF4N5O4. The fourth-order valence-electron chi connectivity index (χ4n) is 3.60. The number of nitrogens with zero attached hydrogens (tertiary/aromatic N) is 3. The van der Waals surface area contributed by atoms with E-state index < -0.39 is 41.6 Å². The monoisotopic (exact) mass is 549 g/mol. The topological polar surface area (TPSA) is 120 Å². The molecule has 14 heteroatoms. The number of methoxy groups -OCH3 is 1. The summed E-state index contributed by atoms with van der Waals surface area (Å²) in [6.07, 6.45) is -4.96. The number of allylic oxidation sites excluding steroid dienone is 1. The lowest BCUT2D eigenvalue weighted by molar-refractivity contribution is -0.137. The Balaban J connectivity index is 1.65. The van der Waals surface area contributed by atoms with Crippen molar-refractivity contribution in [3.05, 3.63) is 86.4 Å². The minimum atomic E-state index is -4.96. The number of ether oxygens (including phenoxy) is 2. The Morgan fingerprint density at radius 1 is 1.18 bits per heavy atom. The van der Waals surface area contributed by atoms with Gasteiger partial charge in [0, 0.05) is 5.02 Å². The Hall–Kier alpha value is -4.57. The Morgan fingerprint density at radius 2 is 1.95 bits per heavy atom. The predicted octanol–water partition coefficient (Wildman–Crippen LogP) is 3.85. The van der Waals surface area contributed by atoms with Gasteiger partial charge in [-0.05, 0) is 42.0 Å². The maximum absolute atomic E-state index is 14.2. The molecular weight excluding hydrogens is 534 g/mol. The molecule has 4 rings (SSSR count). The van der Waals surface area contributed by atoms with E-state index in [9.17, 15) is 27.2 Å².